The lowest BCUT2D eigenvalue weighted by Gasteiger charge is -2.33. The summed E-state index contributed by atoms with van der Waals surface area (Å²) in [5, 5.41) is 3.25. The predicted molar refractivity (Wildman–Crippen MR) is 81.0 cm³/mol. The van der Waals surface area contributed by atoms with Gasteiger partial charge in [0.2, 0.25) is 0 Å². The second-order valence-electron chi connectivity index (χ2n) is 5.31. The molecule has 7 heteroatoms. The van der Waals surface area contributed by atoms with E-state index < -0.39 is 9.84 Å². The zero-order valence-electron chi connectivity index (χ0n) is 12.0. The van der Waals surface area contributed by atoms with Crippen LogP contribution < -0.4 is 5.32 Å². The first kappa shape index (κ1) is 15.5. The van der Waals surface area contributed by atoms with Crippen LogP contribution in [0.15, 0.2) is 6.07 Å². The molecule has 2 heterocycles. The maximum atomic E-state index is 12.5. The minimum absolute atomic E-state index is 0.000275. The highest BCUT2D eigenvalue weighted by Crippen LogP contribution is 2.25. The Balaban J connectivity index is 2.21. The molecule has 1 amide bonds. The number of aryl methyl sites for hydroxylation is 1. The molecule has 0 aliphatic carbocycles. The molecule has 1 aliphatic rings. The van der Waals surface area contributed by atoms with Crippen molar-refractivity contribution in [2.45, 2.75) is 25.6 Å². The summed E-state index contributed by atoms with van der Waals surface area (Å²) in [5.74, 6) is 0.00607. The molecule has 0 saturated carbocycles. The molecular weight excluding hydrogens is 296 g/mol. The summed E-state index contributed by atoms with van der Waals surface area (Å²) in [5.41, 5.74) is 0.739. The molecule has 1 aliphatic heterocycles. The van der Waals surface area contributed by atoms with Crippen molar-refractivity contribution < 1.29 is 13.2 Å². The minimum atomic E-state index is -3.08. The van der Waals surface area contributed by atoms with Gasteiger partial charge in [0.15, 0.2) is 9.84 Å². The Morgan fingerprint density at radius 1 is 1.55 bits per heavy atom. The van der Waals surface area contributed by atoms with E-state index in [0.29, 0.717) is 11.4 Å². The zero-order chi connectivity index (χ0) is 14.9. The number of nitrogens with one attached hydrogen (secondary N) is 1. The molecule has 1 fully saturated rings. The molecule has 1 atom stereocenters. The lowest BCUT2D eigenvalue weighted by molar-refractivity contribution is 0.0660. The number of hydrogen-bond acceptors (Lipinski definition) is 5. The van der Waals surface area contributed by atoms with E-state index in [1.54, 1.807) is 6.07 Å². The van der Waals surface area contributed by atoms with Crippen LogP contribution in [0.5, 0.6) is 0 Å². The van der Waals surface area contributed by atoms with Gasteiger partial charge in [0.25, 0.3) is 5.91 Å². The Bertz CT molecular complexity index is 607. The van der Waals surface area contributed by atoms with E-state index in [9.17, 15) is 13.2 Å². The van der Waals surface area contributed by atoms with Gasteiger partial charge in [-0.1, -0.05) is 0 Å². The maximum absolute atomic E-state index is 12.5. The molecule has 0 unspecified atom stereocenters. The van der Waals surface area contributed by atoms with Crippen LogP contribution in [-0.4, -0.2) is 51.2 Å². The van der Waals surface area contributed by atoms with Gasteiger partial charge >= 0.3 is 0 Å². The fraction of sp³-hybridized carbons (Fsp3) is 0.615. The lowest BCUT2D eigenvalue weighted by atomic mass is 10.2. The second-order valence-corrected chi connectivity index (χ2v) is 8.71. The van der Waals surface area contributed by atoms with Crippen molar-refractivity contribution in [3.63, 3.8) is 0 Å². The van der Waals surface area contributed by atoms with Gasteiger partial charge in [-0.25, -0.2) is 8.42 Å². The highest BCUT2D eigenvalue weighted by Gasteiger charge is 2.26. The van der Waals surface area contributed by atoms with Crippen molar-refractivity contribution in [3.05, 3.63) is 21.4 Å². The smallest absolute Gasteiger partial charge is 0.264 e. The SMILES string of the molecule is Cc1sc(C(=O)N2CCNC[C@H]2C)cc1CS(C)(=O)=O. The number of nitrogens with zero attached hydrogens (tertiary/aromatic N) is 1. The first-order chi connectivity index (χ1) is 9.28. The van der Waals surface area contributed by atoms with Crippen molar-refractivity contribution in [3.8, 4) is 0 Å². The van der Waals surface area contributed by atoms with E-state index in [1.165, 1.54) is 17.6 Å². The van der Waals surface area contributed by atoms with Gasteiger partial charge in [-0.15, -0.1) is 11.3 Å². The summed E-state index contributed by atoms with van der Waals surface area (Å²) in [4.78, 5) is 15.9. The van der Waals surface area contributed by atoms with E-state index in [4.69, 9.17) is 0 Å². The van der Waals surface area contributed by atoms with Crippen molar-refractivity contribution in [2.24, 2.45) is 0 Å². The minimum Gasteiger partial charge on any atom is -0.333 e. The van der Waals surface area contributed by atoms with E-state index in [0.717, 1.165) is 23.5 Å². The third-order valence-electron chi connectivity index (χ3n) is 3.41. The third-order valence-corrected chi connectivity index (χ3v) is 5.33. The molecule has 112 valence electrons. The normalized spacial score (nSPS) is 20.1. The fourth-order valence-corrected chi connectivity index (χ4v) is 4.29. The molecular formula is C13H20N2O3S2. The summed E-state index contributed by atoms with van der Waals surface area (Å²) in [6, 6.07) is 1.90. The average Bonchev–Trinajstić information content (AvgIpc) is 2.68. The van der Waals surface area contributed by atoms with Gasteiger partial charge in [-0.3, -0.25) is 4.79 Å². The van der Waals surface area contributed by atoms with Crippen LogP contribution in [0, 0.1) is 6.92 Å². The molecule has 5 nitrogen and oxygen atoms in total. The number of hydrogen-bond donors (Lipinski definition) is 1. The highest BCUT2D eigenvalue weighted by atomic mass is 32.2. The fourth-order valence-electron chi connectivity index (χ4n) is 2.34. The molecule has 20 heavy (non-hydrogen) atoms. The standard InChI is InChI=1S/C13H20N2O3S2/c1-9-7-14-4-5-15(9)13(16)12-6-11(10(2)19-12)8-20(3,17)18/h6,9,14H,4-5,7-8H2,1-3H3/t9-/m1/s1. The molecule has 0 radical (unpaired) electrons. The summed E-state index contributed by atoms with van der Waals surface area (Å²) in [6.07, 6.45) is 1.21. The quantitative estimate of drug-likeness (QED) is 0.905. The van der Waals surface area contributed by atoms with Gasteiger partial charge in [0.05, 0.1) is 10.6 Å². The van der Waals surface area contributed by atoms with Crippen LogP contribution >= 0.6 is 11.3 Å². The number of carbonyl (C=O) groups excluding carboxylic acids is 1. The molecule has 0 bridgehead atoms. The lowest BCUT2D eigenvalue weighted by Crippen LogP contribution is -2.52. The molecule has 1 saturated heterocycles. The van der Waals surface area contributed by atoms with E-state index in [-0.39, 0.29) is 17.7 Å². The highest BCUT2D eigenvalue weighted by molar-refractivity contribution is 7.89. The third kappa shape index (κ3) is 3.59. The Morgan fingerprint density at radius 2 is 2.25 bits per heavy atom. The van der Waals surface area contributed by atoms with E-state index in [1.807, 2.05) is 18.7 Å². The number of piperazine rings is 1. The number of carbonyl (C=O) groups is 1. The number of rotatable bonds is 3. The zero-order valence-corrected chi connectivity index (χ0v) is 13.6. The van der Waals surface area contributed by atoms with Gasteiger partial charge in [0.1, 0.15) is 0 Å². The van der Waals surface area contributed by atoms with Crippen LogP contribution in [0.1, 0.15) is 27.0 Å². The van der Waals surface area contributed by atoms with Gasteiger partial charge in [-0.05, 0) is 25.5 Å². The number of sulfone groups is 1. The monoisotopic (exact) mass is 316 g/mol. The van der Waals surface area contributed by atoms with Gasteiger partial charge < -0.3 is 10.2 Å². The Kier molecular flexibility index (Phi) is 4.51. The Morgan fingerprint density at radius 3 is 2.85 bits per heavy atom. The van der Waals surface area contributed by atoms with Crippen molar-refractivity contribution in [1.82, 2.24) is 10.2 Å². The Hall–Kier alpha value is -0.920. The summed E-state index contributed by atoms with van der Waals surface area (Å²) >= 11 is 1.38. The predicted octanol–water partition coefficient (Wildman–Crippen LogP) is 1.04. The summed E-state index contributed by atoms with van der Waals surface area (Å²) in [7, 11) is -3.08. The number of amides is 1. The van der Waals surface area contributed by atoms with Crippen LogP contribution in [-0.2, 0) is 15.6 Å². The molecule has 1 N–H and O–H groups in total. The van der Waals surface area contributed by atoms with Crippen LogP contribution in [0.25, 0.3) is 0 Å². The van der Waals surface area contributed by atoms with Crippen molar-refractivity contribution in [2.75, 3.05) is 25.9 Å². The maximum Gasteiger partial charge on any atom is 0.264 e. The van der Waals surface area contributed by atoms with Crippen molar-refractivity contribution >= 4 is 27.1 Å². The van der Waals surface area contributed by atoms with Gasteiger partial charge in [-0.2, -0.15) is 0 Å². The van der Waals surface area contributed by atoms with Crippen molar-refractivity contribution in [1.29, 1.82) is 0 Å². The average molecular weight is 316 g/mol. The molecule has 1 aromatic heterocycles. The molecule has 0 spiro atoms. The molecule has 1 aromatic rings. The van der Waals surface area contributed by atoms with E-state index in [2.05, 4.69) is 5.32 Å². The first-order valence-corrected chi connectivity index (χ1v) is 9.44. The molecule has 0 aromatic carbocycles. The Labute approximate surface area is 123 Å². The number of thiophene rings is 1. The molecule has 2 rings (SSSR count). The second kappa shape index (κ2) is 5.83. The summed E-state index contributed by atoms with van der Waals surface area (Å²) < 4.78 is 22.8. The van der Waals surface area contributed by atoms with Gasteiger partial charge in [0, 0.05) is 36.8 Å². The largest absolute Gasteiger partial charge is 0.333 e. The summed E-state index contributed by atoms with van der Waals surface area (Å²) in [6.45, 7) is 6.17. The van der Waals surface area contributed by atoms with Crippen LogP contribution in [0.3, 0.4) is 0 Å². The van der Waals surface area contributed by atoms with Crippen LogP contribution in [0.4, 0.5) is 0 Å². The van der Waals surface area contributed by atoms with Crippen LogP contribution in [0.2, 0.25) is 0 Å². The van der Waals surface area contributed by atoms with E-state index >= 15 is 0 Å². The first-order valence-electron chi connectivity index (χ1n) is 6.56. The topological polar surface area (TPSA) is 66.5 Å².